The van der Waals surface area contributed by atoms with Gasteiger partial charge in [-0.2, -0.15) is 0 Å². The largest absolute Gasteiger partial charge is 0.444 e. The Morgan fingerprint density at radius 1 is 1.26 bits per heavy atom. The first-order valence-electron chi connectivity index (χ1n) is 7.52. The summed E-state index contributed by atoms with van der Waals surface area (Å²) in [6, 6.07) is 12.7. The summed E-state index contributed by atoms with van der Waals surface area (Å²) >= 11 is 3.19. The number of halogens is 1. The first-order valence-corrected chi connectivity index (χ1v) is 8.32. The number of amides is 2. The Balaban J connectivity index is 1.77. The average molecular weight is 377 g/mol. The van der Waals surface area contributed by atoms with Crippen LogP contribution in [0.1, 0.15) is 35.0 Å². The van der Waals surface area contributed by atoms with E-state index in [0.29, 0.717) is 17.6 Å². The third kappa shape index (κ3) is 3.82. The third-order valence-electron chi connectivity index (χ3n) is 3.88. The number of hydrogen-bond acceptors (Lipinski definition) is 3. The molecular formula is C17H17BrN2O3. The molecule has 5 nitrogen and oxygen atoms in total. The summed E-state index contributed by atoms with van der Waals surface area (Å²) in [4.78, 5) is 26.1. The molecule has 120 valence electrons. The van der Waals surface area contributed by atoms with Gasteiger partial charge in [-0.25, -0.2) is 0 Å². The molecule has 3 rings (SSSR count). The minimum Gasteiger partial charge on any atom is -0.444 e. The van der Waals surface area contributed by atoms with Gasteiger partial charge >= 0.3 is 0 Å². The molecule has 1 fully saturated rings. The monoisotopic (exact) mass is 376 g/mol. The van der Waals surface area contributed by atoms with Gasteiger partial charge in [0.2, 0.25) is 5.91 Å². The molecule has 0 saturated carbocycles. The minimum absolute atomic E-state index is 0.140. The molecular weight excluding hydrogens is 360 g/mol. The van der Waals surface area contributed by atoms with Gasteiger partial charge in [-0.1, -0.05) is 30.3 Å². The summed E-state index contributed by atoms with van der Waals surface area (Å²) in [5.41, 5.74) is 0.964. The summed E-state index contributed by atoms with van der Waals surface area (Å²) in [7, 11) is 0. The predicted octanol–water partition coefficient (Wildman–Crippen LogP) is 3.14. The highest BCUT2D eigenvalue weighted by molar-refractivity contribution is 9.10. The van der Waals surface area contributed by atoms with Gasteiger partial charge in [0.15, 0.2) is 10.4 Å². The number of benzene rings is 1. The van der Waals surface area contributed by atoms with Crippen molar-refractivity contribution in [3.8, 4) is 0 Å². The molecule has 23 heavy (non-hydrogen) atoms. The lowest BCUT2D eigenvalue weighted by Crippen LogP contribution is -2.38. The van der Waals surface area contributed by atoms with Crippen molar-refractivity contribution >= 4 is 27.7 Å². The quantitative estimate of drug-likeness (QED) is 0.871. The Labute approximate surface area is 142 Å². The lowest BCUT2D eigenvalue weighted by atomic mass is 10.1. The molecule has 2 amide bonds. The summed E-state index contributed by atoms with van der Waals surface area (Å²) in [6.45, 7) is 1.21. The van der Waals surface area contributed by atoms with E-state index >= 15 is 0 Å². The molecule has 2 aromatic rings. The molecule has 1 aliphatic rings. The lowest BCUT2D eigenvalue weighted by molar-refractivity contribution is -0.128. The van der Waals surface area contributed by atoms with Crippen LogP contribution in [0.3, 0.4) is 0 Å². The van der Waals surface area contributed by atoms with Crippen LogP contribution in [0.15, 0.2) is 51.6 Å². The van der Waals surface area contributed by atoms with Gasteiger partial charge in [0.1, 0.15) is 0 Å². The van der Waals surface area contributed by atoms with Crippen molar-refractivity contribution in [2.75, 3.05) is 13.1 Å². The Hall–Kier alpha value is -2.08. The Bertz CT molecular complexity index is 699. The highest BCUT2D eigenvalue weighted by atomic mass is 79.9. The molecule has 0 aliphatic carbocycles. The predicted molar refractivity (Wildman–Crippen MR) is 88.9 cm³/mol. The van der Waals surface area contributed by atoms with Crippen molar-refractivity contribution < 1.29 is 14.0 Å². The van der Waals surface area contributed by atoms with E-state index in [1.54, 1.807) is 17.0 Å². The van der Waals surface area contributed by atoms with Gasteiger partial charge in [-0.3, -0.25) is 9.59 Å². The van der Waals surface area contributed by atoms with Crippen LogP contribution in [0.5, 0.6) is 0 Å². The number of rotatable bonds is 5. The number of nitrogens with zero attached hydrogens (tertiary/aromatic N) is 1. The molecule has 1 atom stereocenters. The van der Waals surface area contributed by atoms with Crippen LogP contribution in [-0.4, -0.2) is 29.8 Å². The number of carbonyl (C=O) groups excluding carboxylic acids is 2. The van der Waals surface area contributed by atoms with Crippen LogP contribution >= 0.6 is 15.9 Å². The van der Waals surface area contributed by atoms with Crippen molar-refractivity contribution in [1.82, 2.24) is 10.2 Å². The summed E-state index contributed by atoms with van der Waals surface area (Å²) in [6.07, 6.45) is 1.46. The second kappa shape index (κ2) is 7.00. The first-order chi connectivity index (χ1) is 11.1. The van der Waals surface area contributed by atoms with E-state index < -0.39 is 0 Å². The van der Waals surface area contributed by atoms with Crippen LogP contribution in [0, 0.1) is 0 Å². The number of nitrogens with one attached hydrogen (secondary N) is 1. The average Bonchev–Trinajstić information content (AvgIpc) is 3.16. The molecule has 0 radical (unpaired) electrons. The molecule has 1 unspecified atom stereocenters. The highest BCUT2D eigenvalue weighted by Gasteiger charge is 2.26. The molecule has 2 heterocycles. The molecule has 0 bridgehead atoms. The van der Waals surface area contributed by atoms with Crippen molar-refractivity contribution in [2.24, 2.45) is 0 Å². The Morgan fingerprint density at radius 3 is 2.65 bits per heavy atom. The van der Waals surface area contributed by atoms with E-state index in [0.717, 1.165) is 18.5 Å². The topological polar surface area (TPSA) is 62.6 Å². The van der Waals surface area contributed by atoms with Gasteiger partial charge in [0.05, 0.1) is 6.04 Å². The van der Waals surface area contributed by atoms with Crippen molar-refractivity contribution in [1.29, 1.82) is 0 Å². The van der Waals surface area contributed by atoms with Gasteiger partial charge in [0.25, 0.3) is 5.91 Å². The molecule has 6 heteroatoms. The maximum atomic E-state index is 12.4. The first kappa shape index (κ1) is 15.8. The summed E-state index contributed by atoms with van der Waals surface area (Å²) < 4.78 is 5.81. The maximum Gasteiger partial charge on any atom is 0.287 e. The third-order valence-corrected chi connectivity index (χ3v) is 4.30. The van der Waals surface area contributed by atoms with Crippen molar-refractivity contribution in [3.05, 3.63) is 58.5 Å². The smallest absolute Gasteiger partial charge is 0.287 e. The van der Waals surface area contributed by atoms with E-state index in [2.05, 4.69) is 21.2 Å². The lowest BCUT2D eigenvalue weighted by Gasteiger charge is -2.25. The number of furan rings is 1. The van der Waals surface area contributed by atoms with E-state index in [1.165, 1.54) is 0 Å². The van der Waals surface area contributed by atoms with Crippen molar-refractivity contribution in [3.63, 3.8) is 0 Å². The van der Waals surface area contributed by atoms with Crippen LogP contribution in [-0.2, 0) is 4.79 Å². The van der Waals surface area contributed by atoms with Crippen LogP contribution in [0.25, 0.3) is 0 Å². The number of hydrogen-bond donors (Lipinski definition) is 1. The molecule has 0 spiro atoms. The van der Waals surface area contributed by atoms with Crippen molar-refractivity contribution in [2.45, 2.75) is 18.9 Å². The second-order valence-electron chi connectivity index (χ2n) is 5.48. The molecule has 1 aliphatic heterocycles. The fourth-order valence-corrected chi connectivity index (χ4v) is 3.01. The van der Waals surface area contributed by atoms with E-state index in [9.17, 15) is 9.59 Å². The fourth-order valence-electron chi connectivity index (χ4n) is 2.70. The zero-order valence-corrected chi connectivity index (χ0v) is 14.1. The Morgan fingerprint density at radius 2 is 2.04 bits per heavy atom. The van der Waals surface area contributed by atoms with Crippen LogP contribution in [0.2, 0.25) is 0 Å². The number of likely N-dealkylation sites (tertiary alicyclic amines) is 1. The normalized spacial score (nSPS) is 15.7. The highest BCUT2D eigenvalue weighted by Crippen LogP contribution is 2.20. The molecule has 1 N–H and O–H groups in total. The van der Waals surface area contributed by atoms with Gasteiger partial charge in [0, 0.05) is 19.5 Å². The van der Waals surface area contributed by atoms with Gasteiger partial charge < -0.3 is 14.6 Å². The Kier molecular flexibility index (Phi) is 4.81. The fraction of sp³-hybridized carbons (Fsp3) is 0.294. The van der Waals surface area contributed by atoms with Crippen LogP contribution in [0.4, 0.5) is 0 Å². The zero-order valence-electron chi connectivity index (χ0n) is 12.5. The van der Waals surface area contributed by atoms with Gasteiger partial charge in [-0.05, 0) is 40.0 Å². The minimum atomic E-state index is -0.295. The van der Waals surface area contributed by atoms with E-state index in [1.807, 2.05) is 30.3 Å². The standard InChI is InChI=1S/C17H17BrN2O3/c18-15-9-8-14(23-15)17(22)19-13(12-5-2-1-3-6-12)11-20-10-4-7-16(20)21/h1-3,5-6,8-9,13H,4,7,10-11H2,(H,19,22). The maximum absolute atomic E-state index is 12.4. The molecule has 1 saturated heterocycles. The molecule has 1 aromatic heterocycles. The van der Waals surface area contributed by atoms with Gasteiger partial charge in [-0.15, -0.1) is 0 Å². The second-order valence-corrected chi connectivity index (χ2v) is 6.27. The molecule has 1 aromatic carbocycles. The zero-order chi connectivity index (χ0) is 16.2. The number of carbonyl (C=O) groups is 2. The summed E-state index contributed by atoms with van der Waals surface area (Å²) in [5, 5.41) is 2.96. The van der Waals surface area contributed by atoms with E-state index in [4.69, 9.17) is 4.42 Å². The summed E-state index contributed by atoms with van der Waals surface area (Å²) in [5.74, 6) is 0.0858. The van der Waals surface area contributed by atoms with Crippen LogP contribution < -0.4 is 5.32 Å². The SMILES string of the molecule is O=C(NC(CN1CCCC1=O)c1ccccc1)c1ccc(Br)o1. The van der Waals surface area contributed by atoms with E-state index in [-0.39, 0.29) is 23.6 Å².